The van der Waals surface area contributed by atoms with E-state index in [0.717, 1.165) is 11.8 Å². The van der Waals surface area contributed by atoms with E-state index in [1.54, 1.807) is 6.07 Å². The van der Waals surface area contributed by atoms with E-state index in [1.807, 2.05) is 13.8 Å². The molecule has 0 saturated heterocycles. The fraction of sp³-hybridized carbons (Fsp3) is 0.231. The summed E-state index contributed by atoms with van der Waals surface area (Å²) < 4.78 is 13.2. The summed E-state index contributed by atoms with van der Waals surface area (Å²) in [5.41, 5.74) is 1.17. The van der Waals surface area contributed by atoms with Gasteiger partial charge in [-0.25, -0.2) is 14.4 Å². The molecule has 1 N–H and O–H groups in total. The molecule has 1 aromatic heterocycles. The highest BCUT2D eigenvalue weighted by Gasteiger charge is 2.10. The highest BCUT2D eigenvalue weighted by molar-refractivity contribution is 6.29. The maximum atomic E-state index is 13.2. The van der Waals surface area contributed by atoms with Gasteiger partial charge < -0.3 is 5.11 Å². The average Bonchev–Trinajstić information content (AvgIpc) is 2.26. The van der Waals surface area contributed by atoms with Gasteiger partial charge >= 0.3 is 0 Å². The monoisotopic (exact) mass is 266 g/mol. The fourth-order valence-corrected chi connectivity index (χ4v) is 1.75. The molecule has 2 aromatic rings. The van der Waals surface area contributed by atoms with Gasteiger partial charge in [-0.05, 0) is 24.1 Å². The number of rotatable bonds is 2. The van der Waals surface area contributed by atoms with Crippen LogP contribution in [-0.4, -0.2) is 15.1 Å². The van der Waals surface area contributed by atoms with Gasteiger partial charge in [0.15, 0.2) is 5.82 Å². The average molecular weight is 267 g/mol. The molecule has 94 valence electrons. The summed E-state index contributed by atoms with van der Waals surface area (Å²) in [5.74, 6) is -0.216. The first kappa shape index (κ1) is 12.8. The van der Waals surface area contributed by atoms with Crippen LogP contribution in [0.1, 0.15) is 25.5 Å². The van der Waals surface area contributed by atoms with Gasteiger partial charge in [-0.3, -0.25) is 0 Å². The molecule has 0 aliphatic rings. The molecule has 0 amide bonds. The molecule has 18 heavy (non-hydrogen) atoms. The number of aromatic nitrogens is 2. The molecule has 1 aromatic carbocycles. The third-order valence-corrected chi connectivity index (χ3v) is 2.64. The zero-order valence-electron chi connectivity index (χ0n) is 9.98. The van der Waals surface area contributed by atoms with E-state index in [2.05, 4.69) is 9.97 Å². The molecule has 0 bridgehead atoms. The van der Waals surface area contributed by atoms with E-state index in [4.69, 9.17) is 11.6 Å². The van der Waals surface area contributed by atoms with Crippen LogP contribution in [0.3, 0.4) is 0 Å². The predicted octanol–water partition coefficient (Wildman–Crippen LogP) is 3.77. The highest BCUT2D eigenvalue weighted by atomic mass is 35.5. The Morgan fingerprint density at radius 2 is 1.89 bits per heavy atom. The normalized spacial score (nSPS) is 10.9. The van der Waals surface area contributed by atoms with Crippen molar-refractivity contribution in [3.05, 3.63) is 40.9 Å². The van der Waals surface area contributed by atoms with Crippen molar-refractivity contribution in [3.8, 4) is 17.1 Å². The van der Waals surface area contributed by atoms with Gasteiger partial charge in [0.25, 0.3) is 0 Å². The Kier molecular flexibility index (Phi) is 3.48. The molecule has 5 heteroatoms. The summed E-state index contributed by atoms with van der Waals surface area (Å²) in [4.78, 5) is 8.36. The lowest BCUT2D eigenvalue weighted by Gasteiger charge is -2.08. The molecule has 3 nitrogen and oxygen atoms in total. The van der Waals surface area contributed by atoms with Gasteiger partial charge in [0, 0.05) is 17.3 Å². The second-order valence-electron chi connectivity index (χ2n) is 4.29. The van der Waals surface area contributed by atoms with Crippen molar-refractivity contribution in [1.82, 2.24) is 9.97 Å². The molecular weight excluding hydrogens is 255 g/mol. The van der Waals surface area contributed by atoms with E-state index in [0.29, 0.717) is 16.5 Å². The second kappa shape index (κ2) is 4.90. The molecule has 0 aliphatic carbocycles. The van der Waals surface area contributed by atoms with E-state index in [9.17, 15) is 9.50 Å². The quantitative estimate of drug-likeness (QED) is 0.842. The van der Waals surface area contributed by atoms with E-state index >= 15 is 0 Å². The Morgan fingerprint density at radius 3 is 2.50 bits per heavy atom. The number of phenols is 1. The van der Waals surface area contributed by atoms with Crippen LogP contribution >= 0.6 is 11.6 Å². The second-order valence-corrected chi connectivity index (χ2v) is 4.68. The standard InChI is InChI=1S/C13H12ClFN2O/c1-7(2)11-6-12(14)17-13(16-11)8-3-9(15)5-10(18)4-8/h3-7,18H,1-2H3. The first-order valence-corrected chi connectivity index (χ1v) is 5.88. The lowest BCUT2D eigenvalue weighted by atomic mass is 10.1. The number of halogens is 2. The molecule has 0 saturated carbocycles. The van der Waals surface area contributed by atoms with Crippen molar-refractivity contribution < 1.29 is 9.50 Å². The summed E-state index contributed by atoms with van der Waals surface area (Å²) in [5, 5.41) is 9.67. The van der Waals surface area contributed by atoms with Gasteiger partial charge in [0.1, 0.15) is 16.7 Å². The smallest absolute Gasteiger partial charge is 0.161 e. The van der Waals surface area contributed by atoms with Crippen molar-refractivity contribution in [2.24, 2.45) is 0 Å². The number of hydrogen-bond donors (Lipinski definition) is 1. The molecule has 0 spiro atoms. The van der Waals surface area contributed by atoms with Crippen molar-refractivity contribution in [2.45, 2.75) is 19.8 Å². The lowest BCUT2D eigenvalue weighted by molar-refractivity contribution is 0.469. The predicted molar refractivity (Wildman–Crippen MR) is 68.2 cm³/mol. The zero-order valence-corrected chi connectivity index (χ0v) is 10.7. The minimum atomic E-state index is -0.542. The first-order valence-electron chi connectivity index (χ1n) is 5.50. The number of benzene rings is 1. The van der Waals surface area contributed by atoms with Crippen LogP contribution in [0.4, 0.5) is 4.39 Å². The number of nitrogens with zero attached hydrogens (tertiary/aromatic N) is 2. The van der Waals surface area contributed by atoms with E-state index in [1.165, 1.54) is 12.1 Å². The molecule has 0 radical (unpaired) electrons. The van der Waals surface area contributed by atoms with Crippen molar-refractivity contribution in [2.75, 3.05) is 0 Å². The Hall–Kier alpha value is -1.68. The summed E-state index contributed by atoms with van der Waals surface area (Å²) in [6.45, 7) is 3.96. The number of hydrogen-bond acceptors (Lipinski definition) is 3. The zero-order chi connectivity index (χ0) is 13.3. The van der Waals surface area contributed by atoms with Gasteiger partial charge in [-0.15, -0.1) is 0 Å². The first-order chi connectivity index (χ1) is 8.45. The Bertz CT molecular complexity index is 567. The molecule has 0 fully saturated rings. The summed E-state index contributed by atoms with van der Waals surface area (Å²) in [6.07, 6.45) is 0. The minimum Gasteiger partial charge on any atom is -0.508 e. The summed E-state index contributed by atoms with van der Waals surface area (Å²) >= 11 is 5.92. The SMILES string of the molecule is CC(C)c1cc(Cl)nc(-c2cc(O)cc(F)c2)n1. The van der Waals surface area contributed by atoms with Gasteiger partial charge in [0.05, 0.1) is 0 Å². The Balaban J connectivity index is 2.56. The molecule has 0 aliphatic heterocycles. The number of aromatic hydroxyl groups is 1. The number of phenolic OH excluding ortho intramolecular Hbond substituents is 1. The third-order valence-electron chi connectivity index (χ3n) is 2.45. The summed E-state index contributed by atoms with van der Waals surface area (Å²) in [7, 11) is 0. The van der Waals surface area contributed by atoms with Gasteiger partial charge in [-0.1, -0.05) is 25.4 Å². The van der Waals surface area contributed by atoms with E-state index in [-0.39, 0.29) is 11.7 Å². The van der Waals surface area contributed by atoms with Crippen LogP contribution in [0, 0.1) is 5.82 Å². The minimum absolute atomic E-state index is 0.167. The summed E-state index contributed by atoms with van der Waals surface area (Å²) in [6, 6.07) is 5.36. The maximum Gasteiger partial charge on any atom is 0.161 e. The molecule has 1 heterocycles. The largest absolute Gasteiger partial charge is 0.508 e. The van der Waals surface area contributed by atoms with Crippen molar-refractivity contribution in [1.29, 1.82) is 0 Å². The van der Waals surface area contributed by atoms with Crippen LogP contribution in [0.25, 0.3) is 11.4 Å². The lowest BCUT2D eigenvalue weighted by Crippen LogP contribution is -1.98. The Morgan fingerprint density at radius 1 is 1.17 bits per heavy atom. The molecular formula is C13H12ClFN2O. The van der Waals surface area contributed by atoms with Crippen LogP contribution < -0.4 is 0 Å². The van der Waals surface area contributed by atoms with Crippen molar-refractivity contribution in [3.63, 3.8) is 0 Å². The molecule has 2 rings (SSSR count). The topological polar surface area (TPSA) is 46.0 Å². The van der Waals surface area contributed by atoms with Crippen molar-refractivity contribution >= 4 is 11.6 Å². The molecule has 0 atom stereocenters. The van der Waals surface area contributed by atoms with Crippen LogP contribution in [0.2, 0.25) is 5.15 Å². The maximum absolute atomic E-state index is 13.2. The Labute approximate surface area is 109 Å². The van der Waals surface area contributed by atoms with Gasteiger partial charge in [-0.2, -0.15) is 0 Å². The van der Waals surface area contributed by atoms with Crippen LogP contribution in [0.5, 0.6) is 5.75 Å². The van der Waals surface area contributed by atoms with Gasteiger partial charge in [0.2, 0.25) is 0 Å². The fourth-order valence-electron chi connectivity index (χ4n) is 1.56. The van der Waals surface area contributed by atoms with Crippen LogP contribution in [0.15, 0.2) is 24.3 Å². The molecule has 0 unspecified atom stereocenters. The highest BCUT2D eigenvalue weighted by Crippen LogP contribution is 2.25. The third kappa shape index (κ3) is 2.76. The van der Waals surface area contributed by atoms with E-state index < -0.39 is 5.82 Å². The van der Waals surface area contributed by atoms with Crippen LogP contribution in [-0.2, 0) is 0 Å².